The predicted octanol–water partition coefficient (Wildman–Crippen LogP) is 2.22. The normalized spacial score (nSPS) is 26.4. The number of aliphatic carboxylic acids is 1. The molecule has 0 aromatic heterocycles. The van der Waals surface area contributed by atoms with E-state index in [2.05, 4.69) is 17.5 Å². The zero-order chi connectivity index (χ0) is 18.6. The van der Waals surface area contributed by atoms with E-state index in [4.69, 9.17) is 4.74 Å². The molecule has 0 aromatic carbocycles. The summed E-state index contributed by atoms with van der Waals surface area (Å²) in [7, 11) is 0. The fourth-order valence-corrected chi connectivity index (χ4v) is 4.65. The summed E-state index contributed by atoms with van der Waals surface area (Å²) in [5.74, 6) is -0.780. The maximum absolute atomic E-state index is 12.6. The van der Waals surface area contributed by atoms with Gasteiger partial charge in [-0.05, 0) is 46.0 Å². The Hall–Kier alpha value is -1.70. The molecule has 3 atom stereocenters. The molecule has 2 rings (SSSR count). The zero-order valence-electron chi connectivity index (χ0n) is 14.9. The Kier molecular flexibility index (Phi) is 6.37. The summed E-state index contributed by atoms with van der Waals surface area (Å²) in [6.45, 7) is 4.94. The van der Waals surface area contributed by atoms with Crippen molar-refractivity contribution in [3.05, 3.63) is 12.2 Å². The molecule has 1 heterocycles. The van der Waals surface area contributed by atoms with Gasteiger partial charge in [-0.15, -0.1) is 11.8 Å². The first-order chi connectivity index (χ1) is 11.7. The van der Waals surface area contributed by atoms with E-state index in [-0.39, 0.29) is 23.7 Å². The average molecular weight is 370 g/mol. The van der Waals surface area contributed by atoms with Crippen molar-refractivity contribution in [2.75, 3.05) is 12.3 Å². The number of hydrogen-bond acceptors (Lipinski definition) is 5. The largest absolute Gasteiger partial charge is 0.480 e. The number of carbonyl (C=O) groups is 3. The molecule has 0 bridgehead atoms. The molecule has 0 saturated carbocycles. The molecule has 0 spiro atoms. The molecule has 1 saturated heterocycles. The molecule has 25 heavy (non-hydrogen) atoms. The van der Waals surface area contributed by atoms with Gasteiger partial charge in [-0.2, -0.15) is 0 Å². The second-order valence-corrected chi connectivity index (χ2v) is 8.43. The highest BCUT2D eigenvalue weighted by Crippen LogP contribution is 2.39. The topological polar surface area (TPSA) is 95.9 Å². The number of amides is 2. The number of carboxylic acid groups (broad SMARTS) is 1. The fraction of sp³-hybridized carbons (Fsp3) is 0.706. The quantitative estimate of drug-likeness (QED) is 0.737. The standard InChI is InChI=1S/C17H26N2O5S/c1-17(2,3)24-16(23)18-9-13(20)19-12(15(21)22)10-25-14(19)11-7-5-4-6-8-11/h4-5,11-12,14H,6-10H2,1-3H3,(H,18,23)(H,21,22)/t11-,12-,14+/m0/s1. The van der Waals surface area contributed by atoms with E-state index in [0.717, 1.165) is 19.3 Å². The van der Waals surface area contributed by atoms with Crippen LogP contribution in [0.4, 0.5) is 4.79 Å². The monoisotopic (exact) mass is 370 g/mol. The lowest BCUT2D eigenvalue weighted by Crippen LogP contribution is -2.51. The Morgan fingerprint density at radius 1 is 1.32 bits per heavy atom. The van der Waals surface area contributed by atoms with Crippen LogP contribution in [0.5, 0.6) is 0 Å². The lowest BCUT2D eigenvalue weighted by Gasteiger charge is -2.33. The molecule has 7 nitrogen and oxygen atoms in total. The van der Waals surface area contributed by atoms with Gasteiger partial charge in [0.15, 0.2) is 0 Å². The van der Waals surface area contributed by atoms with Gasteiger partial charge in [-0.3, -0.25) is 4.79 Å². The van der Waals surface area contributed by atoms with Crippen LogP contribution < -0.4 is 5.32 Å². The maximum atomic E-state index is 12.6. The van der Waals surface area contributed by atoms with E-state index in [1.807, 2.05) is 0 Å². The highest BCUT2D eigenvalue weighted by atomic mass is 32.2. The van der Waals surface area contributed by atoms with Crippen molar-refractivity contribution in [3.8, 4) is 0 Å². The number of alkyl carbamates (subject to hydrolysis) is 1. The van der Waals surface area contributed by atoms with E-state index in [0.29, 0.717) is 5.75 Å². The van der Waals surface area contributed by atoms with Crippen LogP contribution in [0.1, 0.15) is 40.0 Å². The summed E-state index contributed by atoms with van der Waals surface area (Å²) in [5, 5.41) is 11.7. The van der Waals surface area contributed by atoms with Gasteiger partial charge in [0.25, 0.3) is 0 Å². The molecule has 1 aliphatic carbocycles. The van der Waals surface area contributed by atoms with E-state index in [9.17, 15) is 19.5 Å². The Morgan fingerprint density at radius 2 is 2.04 bits per heavy atom. The van der Waals surface area contributed by atoms with Gasteiger partial charge < -0.3 is 20.1 Å². The Morgan fingerprint density at radius 3 is 2.60 bits per heavy atom. The van der Waals surface area contributed by atoms with Gasteiger partial charge in [0.1, 0.15) is 18.2 Å². The van der Waals surface area contributed by atoms with Gasteiger partial charge in [0.2, 0.25) is 5.91 Å². The third kappa shape index (κ3) is 5.39. The second kappa shape index (κ2) is 8.12. The number of thioether (sulfide) groups is 1. The number of nitrogens with zero attached hydrogens (tertiary/aromatic N) is 1. The number of hydrogen-bond donors (Lipinski definition) is 2. The van der Waals surface area contributed by atoms with Crippen LogP contribution in [0, 0.1) is 5.92 Å². The van der Waals surface area contributed by atoms with E-state index < -0.39 is 23.7 Å². The summed E-state index contributed by atoms with van der Waals surface area (Å²) >= 11 is 1.51. The summed E-state index contributed by atoms with van der Waals surface area (Å²) in [6, 6.07) is -0.853. The number of nitrogens with one attached hydrogen (secondary N) is 1. The molecule has 140 valence electrons. The van der Waals surface area contributed by atoms with Crippen molar-refractivity contribution < 1.29 is 24.2 Å². The third-order valence-corrected chi connectivity index (χ3v) is 5.57. The summed E-state index contributed by atoms with van der Waals surface area (Å²) in [6.07, 6.45) is 6.23. The number of ether oxygens (including phenoxy) is 1. The van der Waals surface area contributed by atoms with Crippen LogP contribution in [0.3, 0.4) is 0 Å². The first-order valence-corrected chi connectivity index (χ1v) is 9.51. The number of carbonyl (C=O) groups excluding carboxylic acids is 2. The van der Waals surface area contributed by atoms with Crippen LogP contribution in [0.2, 0.25) is 0 Å². The molecule has 0 unspecified atom stereocenters. The van der Waals surface area contributed by atoms with Crippen LogP contribution in [0.15, 0.2) is 12.2 Å². The molecule has 2 amide bonds. The summed E-state index contributed by atoms with van der Waals surface area (Å²) < 4.78 is 5.12. The third-order valence-electron chi connectivity index (χ3n) is 4.10. The molecule has 0 aromatic rings. The number of rotatable bonds is 4. The fourth-order valence-electron chi connectivity index (χ4n) is 3.03. The van der Waals surface area contributed by atoms with E-state index in [1.54, 1.807) is 20.8 Å². The summed E-state index contributed by atoms with van der Waals surface area (Å²) in [4.78, 5) is 37.4. The Labute approximate surface area is 152 Å². The van der Waals surface area contributed by atoms with Gasteiger partial charge in [0.05, 0.1) is 5.37 Å². The number of allylic oxidation sites excluding steroid dienone is 2. The molecule has 8 heteroatoms. The molecule has 2 aliphatic rings. The van der Waals surface area contributed by atoms with Crippen molar-refractivity contribution >= 4 is 29.7 Å². The highest BCUT2D eigenvalue weighted by Gasteiger charge is 2.44. The van der Waals surface area contributed by atoms with Gasteiger partial charge in [-0.25, -0.2) is 9.59 Å². The van der Waals surface area contributed by atoms with Crippen molar-refractivity contribution in [2.45, 2.75) is 57.1 Å². The lowest BCUT2D eigenvalue weighted by atomic mass is 9.93. The molecule has 1 aliphatic heterocycles. The minimum absolute atomic E-state index is 0.168. The number of carboxylic acids is 1. The van der Waals surface area contributed by atoms with Crippen molar-refractivity contribution in [1.29, 1.82) is 0 Å². The van der Waals surface area contributed by atoms with Crippen LogP contribution in [0.25, 0.3) is 0 Å². The predicted molar refractivity (Wildman–Crippen MR) is 95.2 cm³/mol. The Bertz CT molecular complexity index is 558. The highest BCUT2D eigenvalue weighted by molar-refractivity contribution is 8.00. The van der Waals surface area contributed by atoms with Gasteiger partial charge >= 0.3 is 12.1 Å². The molecular formula is C17H26N2O5S. The van der Waals surface area contributed by atoms with Gasteiger partial charge in [-0.1, -0.05) is 12.2 Å². The summed E-state index contributed by atoms with van der Waals surface area (Å²) in [5.41, 5.74) is -0.656. The minimum Gasteiger partial charge on any atom is -0.480 e. The smallest absolute Gasteiger partial charge is 0.408 e. The maximum Gasteiger partial charge on any atom is 0.408 e. The molecule has 2 N–H and O–H groups in total. The lowest BCUT2D eigenvalue weighted by molar-refractivity contribution is -0.149. The average Bonchev–Trinajstić information content (AvgIpc) is 2.97. The van der Waals surface area contributed by atoms with E-state index >= 15 is 0 Å². The minimum atomic E-state index is -1.01. The second-order valence-electron chi connectivity index (χ2n) is 7.28. The van der Waals surface area contributed by atoms with Crippen LogP contribution in [-0.2, 0) is 14.3 Å². The molecule has 0 radical (unpaired) electrons. The molecular weight excluding hydrogens is 344 g/mol. The van der Waals surface area contributed by atoms with Gasteiger partial charge in [0, 0.05) is 5.75 Å². The molecule has 1 fully saturated rings. The van der Waals surface area contributed by atoms with Crippen molar-refractivity contribution in [1.82, 2.24) is 10.2 Å². The van der Waals surface area contributed by atoms with Crippen LogP contribution >= 0.6 is 11.8 Å². The Balaban J connectivity index is 2.02. The van der Waals surface area contributed by atoms with E-state index in [1.165, 1.54) is 16.7 Å². The first-order valence-electron chi connectivity index (χ1n) is 8.46. The SMILES string of the molecule is CC(C)(C)OC(=O)NCC(=O)N1[C@@H]([C@H]2CC=CCC2)SC[C@H]1C(=O)O. The van der Waals surface area contributed by atoms with Crippen molar-refractivity contribution in [2.24, 2.45) is 5.92 Å². The zero-order valence-corrected chi connectivity index (χ0v) is 15.7. The van der Waals surface area contributed by atoms with Crippen LogP contribution in [-0.4, -0.2) is 57.3 Å². The van der Waals surface area contributed by atoms with Crippen molar-refractivity contribution in [3.63, 3.8) is 0 Å². The first kappa shape index (κ1) is 19.6.